The van der Waals surface area contributed by atoms with Gasteiger partial charge in [0.05, 0.1) is 30.3 Å². The van der Waals surface area contributed by atoms with Crippen molar-refractivity contribution in [3.05, 3.63) is 59.7 Å². The molecule has 1 atom stereocenters. The summed E-state index contributed by atoms with van der Waals surface area (Å²) in [6, 6.07) is 8.73. The van der Waals surface area contributed by atoms with E-state index in [1.165, 1.54) is 0 Å². The summed E-state index contributed by atoms with van der Waals surface area (Å²) in [4.78, 5) is 62.0. The van der Waals surface area contributed by atoms with Gasteiger partial charge in [0.25, 0.3) is 11.8 Å². The Bertz CT molecular complexity index is 1160. The molecule has 3 aliphatic heterocycles. The predicted molar refractivity (Wildman–Crippen MR) is 112 cm³/mol. The van der Waals surface area contributed by atoms with Gasteiger partial charge in [0.15, 0.2) is 0 Å². The average molecular weight is 431 g/mol. The molecule has 5 rings (SSSR count). The number of carbonyl (C=O) groups is 4. The topological polar surface area (TPSA) is 113 Å². The molecule has 32 heavy (non-hydrogen) atoms. The normalized spacial score (nSPS) is 21.2. The van der Waals surface area contributed by atoms with Gasteiger partial charge in [-0.05, 0) is 19.3 Å². The van der Waals surface area contributed by atoms with Gasteiger partial charge in [-0.1, -0.05) is 30.3 Å². The molecule has 1 saturated heterocycles. The number of carbonyl (C=O) groups excluding carboxylic acids is 4. The first-order valence-corrected chi connectivity index (χ1v) is 10.6. The third-order valence-electron chi connectivity index (χ3n) is 5.98. The lowest BCUT2D eigenvalue weighted by atomic mass is 10.0. The molecule has 0 spiro atoms. The summed E-state index contributed by atoms with van der Waals surface area (Å²) in [5.74, 6) is -1.91. The van der Waals surface area contributed by atoms with Gasteiger partial charge in [-0.2, -0.15) is 0 Å². The van der Waals surface area contributed by atoms with Gasteiger partial charge in [-0.15, -0.1) is 0 Å². The number of nitrogens with one attached hydrogen (secondary N) is 1. The Morgan fingerprint density at radius 3 is 2.59 bits per heavy atom. The molecule has 0 radical (unpaired) electrons. The standard InChI is InChI=1S/C23H21N5O4/c29-19-9-8-18(21(30)26-19)28-22(31)16-7-4-10-27(20(16)23(28)32)13-15-11-24-12-17(25-15)14-5-2-1-3-6-14/h1-3,5-6,11-12,18H,4,7-10,13H2,(H,26,29,30). The van der Waals surface area contributed by atoms with Crippen molar-refractivity contribution in [1.82, 2.24) is 25.1 Å². The van der Waals surface area contributed by atoms with E-state index in [1.54, 1.807) is 12.4 Å². The first-order chi connectivity index (χ1) is 15.5. The van der Waals surface area contributed by atoms with Crippen LogP contribution in [0, 0.1) is 0 Å². The Labute approximate surface area is 184 Å². The summed E-state index contributed by atoms with van der Waals surface area (Å²) in [5.41, 5.74) is 3.11. The van der Waals surface area contributed by atoms with Crippen LogP contribution in [-0.4, -0.2) is 56.0 Å². The van der Waals surface area contributed by atoms with Crippen LogP contribution in [0.2, 0.25) is 0 Å². The van der Waals surface area contributed by atoms with Crippen LogP contribution < -0.4 is 5.32 Å². The molecular formula is C23H21N5O4. The first-order valence-electron chi connectivity index (χ1n) is 10.6. The minimum atomic E-state index is -0.957. The molecule has 2 aromatic rings. The molecule has 0 bridgehead atoms. The molecule has 1 fully saturated rings. The number of piperidine rings is 1. The summed E-state index contributed by atoms with van der Waals surface area (Å²) in [6.07, 6.45) is 4.79. The largest absolute Gasteiger partial charge is 0.361 e. The molecule has 0 aliphatic carbocycles. The van der Waals surface area contributed by atoms with Crippen molar-refractivity contribution >= 4 is 23.6 Å². The number of rotatable bonds is 4. The van der Waals surface area contributed by atoms with Crippen molar-refractivity contribution in [3.63, 3.8) is 0 Å². The number of imide groups is 2. The van der Waals surface area contributed by atoms with E-state index in [1.807, 2.05) is 35.2 Å². The average Bonchev–Trinajstić information content (AvgIpc) is 3.06. The van der Waals surface area contributed by atoms with Gasteiger partial charge in [0.2, 0.25) is 11.8 Å². The van der Waals surface area contributed by atoms with Crippen LogP contribution in [0.3, 0.4) is 0 Å². The number of hydrogen-bond acceptors (Lipinski definition) is 7. The molecule has 9 nitrogen and oxygen atoms in total. The lowest BCUT2D eigenvalue weighted by Crippen LogP contribution is -2.55. The van der Waals surface area contributed by atoms with E-state index < -0.39 is 23.8 Å². The van der Waals surface area contributed by atoms with Gasteiger partial charge >= 0.3 is 0 Å². The van der Waals surface area contributed by atoms with E-state index in [0.717, 1.165) is 16.2 Å². The molecule has 0 saturated carbocycles. The Morgan fingerprint density at radius 1 is 1.00 bits per heavy atom. The molecule has 1 aromatic carbocycles. The Hall–Kier alpha value is -3.88. The van der Waals surface area contributed by atoms with E-state index in [0.29, 0.717) is 42.9 Å². The first kappa shape index (κ1) is 20.0. The monoisotopic (exact) mass is 431 g/mol. The summed E-state index contributed by atoms with van der Waals surface area (Å²) in [6.45, 7) is 0.924. The van der Waals surface area contributed by atoms with Crippen molar-refractivity contribution in [1.29, 1.82) is 0 Å². The lowest BCUT2D eigenvalue weighted by molar-refractivity contribution is -0.150. The van der Waals surface area contributed by atoms with Gasteiger partial charge in [-0.25, -0.2) is 4.98 Å². The molecule has 1 N–H and O–H groups in total. The van der Waals surface area contributed by atoms with Crippen LogP contribution in [0.5, 0.6) is 0 Å². The highest BCUT2D eigenvalue weighted by Crippen LogP contribution is 2.34. The van der Waals surface area contributed by atoms with E-state index >= 15 is 0 Å². The summed E-state index contributed by atoms with van der Waals surface area (Å²) < 4.78 is 0. The lowest BCUT2D eigenvalue weighted by Gasteiger charge is -2.30. The Kier molecular flexibility index (Phi) is 5.01. The van der Waals surface area contributed by atoms with E-state index in [-0.39, 0.29) is 18.7 Å². The second-order valence-corrected chi connectivity index (χ2v) is 8.06. The predicted octanol–water partition coefficient (Wildman–Crippen LogP) is 1.17. The molecule has 9 heteroatoms. The third-order valence-corrected chi connectivity index (χ3v) is 5.98. The van der Waals surface area contributed by atoms with Crippen LogP contribution in [0.15, 0.2) is 54.0 Å². The smallest absolute Gasteiger partial charge is 0.278 e. The minimum Gasteiger partial charge on any atom is -0.361 e. The van der Waals surface area contributed by atoms with Gasteiger partial charge < -0.3 is 4.90 Å². The SMILES string of the molecule is O=C1CCC(N2C(=O)C3=C(C2=O)N(Cc2cncc(-c4ccccc4)n2)CCC3)C(=O)N1. The minimum absolute atomic E-state index is 0.101. The van der Waals surface area contributed by atoms with Crippen molar-refractivity contribution in [2.75, 3.05) is 6.54 Å². The molecular weight excluding hydrogens is 410 g/mol. The molecule has 4 amide bonds. The maximum atomic E-state index is 13.3. The van der Waals surface area contributed by atoms with Crippen molar-refractivity contribution in [2.45, 2.75) is 38.3 Å². The Balaban J connectivity index is 1.40. The number of benzene rings is 1. The zero-order valence-electron chi connectivity index (χ0n) is 17.3. The molecule has 162 valence electrons. The van der Waals surface area contributed by atoms with Crippen LogP contribution >= 0.6 is 0 Å². The maximum Gasteiger partial charge on any atom is 0.278 e. The van der Waals surface area contributed by atoms with E-state index in [2.05, 4.69) is 15.3 Å². The molecule has 4 heterocycles. The highest BCUT2D eigenvalue weighted by molar-refractivity contribution is 6.21. The number of hydrogen-bond donors (Lipinski definition) is 1. The van der Waals surface area contributed by atoms with Crippen LogP contribution in [0.4, 0.5) is 0 Å². The van der Waals surface area contributed by atoms with Crippen LogP contribution in [-0.2, 0) is 25.7 Å². The maximum absolute atomic E-state index is 13.3. The fraction of sp³-hybridized carbons (Fsp3) is 0.304. The summed E-state index contributed by atoms with van der Waals surface area (Å²) in [5, 5.41) is 2.23. The fourth-order valence-corrected chi connectivity index (χ4v) is 4.49. The third kappa shape index (κ3) is 3.45. The van der Waals surface area contributed by atoms with Crippen molar-refractivity contribution < 1.29 is 19.2 Å². The molecule has 1 unspecified atom stereocenters. The fourth-order valence-electron chi connectivity index (χ4n) is 4.49. The Morgan fingerprint density at radius 2 is 1.81 bits per heavy atom. The van der Waals surface area contributed by atoms with Crippen molar-refractivity contribution in [2.24, 2.45) is 0 Å². The van der Waals surface area contributed by atoms with Gasteiger partial charge in [-0.3, -0.25) is 34.4 Å². The second-order valence-electron chi connectivity index (χ2n) is 8.06. The number of aromatic nitrogens is 2. The van der Waals surface area contributed by atoms with E-state index in [9.17, 15) is 19.2 Å². The van der Waals surface area contributed by atoms with Crippen LogP contribution in [0.1, 0.15) is 31.4 Å². The number of amides is 4. The second kappa shape index (κ2) is 7.99. The van der Waals surface area contributed by atoms with Crippen LogP contribution in [0.25, 0.3) is 11.3 Å². The van der Waals surface area contributed by atoms with E-state index in [4.69, 9.17) is 0 Å². The zero-order valence-corrected chi connectivity index (χ0v) is 17.3. The van der Waals surface area contributed by atoms with Crippen molar-refractivity contribution in [3.8, 4) is 11.3 Å². The van der Waals surface area contributed by atoms with Gasteiger partial charge in [0.1, 0.15) is 11.7 Å². The van der Waals surface area contributed by atoms with Gasteiger partial charge in [0, 0.05) is 24.1 Å². The number of nitrogens with zero attached hydrogens (tertiary/aromatic N) is 4. The zero-order chi connectivity index (χ0) is 22.2. The summed E-state index contributed by atoms with van der Waals surface area (Å²) >= 11 is 0. The molecule has 3 aliphatic rings. The molecule has 1 aromatic heterocycles. The summed E-state index contributed by atoms with van der Waals surface area (Å²) in [7, 11) is 0. The highest BCUT2D eigenvalue weighted by atomic mass is 16.2. The highest BCUT2D eigenvalue weighted by Gasteiger charge is 2.48. The quantitative estimate of drug-likeness (QED) is 0.723.